The quantitative estimate of drug-likeness (QED) is 0.922. The molecule has 2 rings (SSSR count). The van der Waals surface area contributed by atoms with Gasteiger partial charge >= 0.3 is 6.18 Å². The molecule has 0 radical (unpaired) electrons. The topological polar surface area (TPSA) is 28.2 Å². The Labute approximate surface area is 120 Å². The molecular weight excluding hydrogens is 287 g/mol. The SMILES string of the molecule is CCNc1cc(C(F)(F)F)cc(N(C)C2CCSC2)n1. The molecule has 0 aromatic carbocycles. The molecule has 1 N–H and O–H groups in total. The number of hydrogen-bond acceptors (Lipinski definition) is 4. The third kappa shape index (κ3) is 3.50. The molecule has 112 valence electrons. The summed E-state index contributed by atoms with van der Waals surface area (Å²) < 4.78 is 38.9. The number of anilines is 2. The molecule has 1 aliphatic rings. The van der Waals surface area contributed by atoms with Crippen molar-refractivity contribution in [1.29, 1.82) is 0 Å². The number of alkyl halides is 3. The van der Waals surface area contributed by atoms with E-state index in [0.29, 0.717) is 12.4 Å². The first-order valence-corrected chi connectivity index (χ1v) is 7.71. The zero-order valence-electron chi connectivity index (χ0n) is 11.5. The minimum atomic E-state index is -4.35. The van der Waals surface area contributed by atoms with Gasteiger partial charge in [0, 0.05) is 25.4 Å². The van der Waals surface area contributed by atoms with E-state index in [-0.39, 0.29) is 11.9 Å². The number of halogens is 3. The highest BCUT2D eigenvalue weighted by molar-refractivity contribution is 7.99. The summed E-state index contributed by atoms with van der Waals surface area (Å²) in [6.45, 7) is 2.37. The van der Waals surface area contributed by atoms with E-state index >= 15 is 0 Å². The third-order valence-electron chi connectivity index (χ3n) is 3.31. The van der Waals surface area contributed by atoms with Crippen LogP contribution in [0.4, 0.5) is 24.8 Å². The standard InChI is InChI=1S/C13H18F3N3S/c1-3-17-11-6-9(13(14,15)16)7-12(18-11)19(2)10-4-5-20-8-10/h6-7,10H,3-5,8H2,1-2H3,(H,17,18). The molecule has 1 aromatic rings. The van der Waals surface area contributed by atoms with Crippen LogP contribution in [0, 0.1) is 0 Å². The van der Waals surface area contributed by atoms with Gasteiger partial charge in [-0.15, -0.1) is 0 Å². The predicted molar refractivity (Wildman–Crippen MR) is 77.5 cm³/mol. The second-order valence-electron chi connectivity index (χ2n) is 4.76. The van der Waals surface area contributed by atoms with Crippen LogP contribution < -0.4 is 10.2 Å². The average Bonchev–Trinajstić information content (AvgIpc) is 2.90. The second kappa shape index (κ2) is 6.11. The van der Waals surface area contributed by atoms with Crippen LogP contribution in [0.5, 0.6) is 0 Å². The first-order valence-electron chi connectivity index (χ1n) is 6.55. The van der Waals surface area contributed by atoms with Crippen molar-refractivity contribution in [3.05, 3.63) is 17.7 Å². The summed E-state index contributed by atoms with van der Waals surface area (Å²) in [5.74, 6) is 2.64. The largest absolute Gasteiger partial charge is 0.416 e. The Hall–Kier alpha value is -1.11. The summed E-state index contributed by atoms with van der Waals surface area (Å²) in [7, 11) is 1.81. The molecule has 0 saturated carbocycles. The molecule has 1 aliphatic heterocycles. The van der Waals surface area contributed by atoms with Gasteiger partial charge in [-0.25, -0.2) is 4.98 Å². The van der Waals surface area contributed by atoms with Crippen molar-refractivity contribution in [2.75, 3.05) is 35.3 Å². The molecule has 7 heteroatoms. The molecule has 0 spiro atoms. The van der Waals surface area contributed by atoms with Gasteiger partial charge < -0.3 is 10.2 Å². The van der Waals surface area contributed by atoms with Gasteiger partial charge in [0.25, 0.3) is 0 Å². The normalized spacial score (nSPS) is 19.1. The lowest BCUT2D eigenvalue weighted by atomic mass is 10.2. The third-order valence-corrected chi connectivity index (χ3v) is 4.46. The van der Waals surface area contributed by atoms with E-state index in [2.05, 4.69) is 10.3 Å². The van der Waals surface area contributed by atoms with E-state index < -0.39 is 11.7 Å². The molecule has 0 bridgehead atoms. The Balaban J connectivity index is 2.32. The van der Waals surface area contributed by atoms with Crippen LogP contribution in [-0.2, 0) is 6.18 Å². The van der Waals surface area contributed by atoms with Gasteiger partial charge in [0.2, 0.25) is 0 Å². The lowest BCUT2D eigenvalue weighted by molar-refractivity contribution is -0.137. The number of aromatic nitrogens is 1. The molecule has 1 aromatic heterocycles. The van der Waals surface area contributed by atoms with Crippen molar-refractivity contribution >= 4 is 23.4 Å². The van der Waals surface area contributed by atoms with Crippen LogP contribution in [0.1, 0.15) is 18.9 Å². The van der Waals surface area contributed by atoms with Gasteiger partial charge in [-0.3, -0.25) is 0 Å². The maximum Gasteiger partial charge on any atom is 0.416 e. The Kier molecular flexibility index (Phi) is 4.67. The number of pyridine rings is 1. The van der Waals surface area contributed by atoms with Crippen LogP contribution in [0.15, 0.2) is 12.1 Å². The second-order valence-corrected chi connectivity index (χ2v) is 5.91. The Morgan fingerprint density at radius 2 is 2.20 bits per heavy atom. The molecule has 2 heterocycles. The lowest BCUT2D eigenvalue weighted by Gasteiger charge is -2.26. The zero-order chi connectivity index (χ0) is 14.8. The van der Waals surface area contributed by atoms with Crippen molar-refractivity contribution < 1.29 is 13.2 Å². The van der Waals surface area contributed by atoms with Gasteiger partial charge in [0.15, 0.2) is 0 Å². The molecular formula is C13H18F3N3S. The fourth-order valence-electron chi connectivity index (χ4n) is 2.15. The van der Waals surface area contributed by atoms with Gasteiger partial charge in [0.1, 0.15) is 11.6 Å². The van der Waals surface area contributed by atoms with Crippen molar-refractivity contribution in [2.45, 2.75) is 25.6 Å². The van der Waals surface area contributed by atoms with Gasteiger partial charge in [-0.1, -0.05) is 0 Å². The maximum absolute atomic E-state index is 13.0. The first-order chi connectivity index (χ1) is 9.41. The van der Waals surface area contributed by atoms with Crippen LogP contribution in [0.25, 0.3) is 0 Å². The predicted octanol–water partition coefficient (Wildman–Crippen LogP) is 3.47. The molecule has 1 saturated heterocycles. The number of thioether (sulfide) groups is 1. The summed E-state index contributed by atoms with van der Waals surface area (Å²) in [4.78, 5) is 6.14. The van der Waals surface area contributed by atoms with Crippen molar-refractivity contribution in [1.82, 2.24) is 4.98 Å². The number of rotatable bonds is 4. The zero-order valence-corrected chi connectivity index (χ0v) is 12.3. The van der Waals surface area contributed by atoms with Crippen LogP contribution in [0.3, 0.4) is 0 Å². The van der Waals surface area contributed by atoms with Crippen LogP contribution in [-0.4, -0.2) is 36.1 Å². The highest BCUT2D eigenvalue weighted by Crippen LogP contribution is 2.34. The Morgan fingerprint density at radius 1 is 1.45 bits per heavy atom. The van der Waals surface area contributed by atoms with Gasteiger partial charge in [-0.05, 0) is 31.2 Å². The number of nitrogens with one attached hydrogen (secondary N) is 1. The molecule has 0 amide bonds. The molecule has 20 heavy (non-hydrogen) atoms. The number of hydrogen-bond donors (Lipinski definition) is 1. The van der Waals surface area contributed by atoms with E-state index in [0.717, 1.165) is 30.1 Å². The Morgan fingerprint density at radius 3 is 2.75 bits per heavy atom. The summed E-state index contributed by atoms with van der Waals surface area (Å²) >= 11 is 1.82. The first kappa shape index (κ1) is 15.3. The average molecular weight is 305 g/mol. The van der Waals surface area contributed by atoms with E-state index in [1.807, 2.05) is 30.6 Å². The summed E-state index contributed by atoms with van der Waals surface area (Å²) in [5, 5.41) is 2.86. The minimum Gasteiger partial charge on any atom is -0.370 e. The Bertz CT molecular complexity index is 459. The van der Waals surface area contributed by atoms with Crippen molar-refractivity contribution in [3.63, 3.8) is 0 Å². The summed E-state index contributed by atoms with van der Waals surface area (Å²) in [6, 6.07) is 2.44. The molecule has 0 aliphatic carbocycles. The summed E-state index contributed by atoms with van der Waals surface area (Å²) in [5.41, 5.74) is -0.657. The van der Waals surface area contributed by atoms with E-state index in [9.17, 15) is 13.2 Å². The van der Waals surface area contributed by atoms with Crippen LogP contribution >= 0.6 is 11.8 Å². The highest BCUT2D eigenvalue weighted by Gasteiger charge is 2.32. The highest BCUT2D eigenvalue weighted by atomic mass is 32.2. The van der Waals surface area contributed by atoms with E-state index in [4.69, 9.17) is 0 Å². The van der Waals surface area contributed by atoms with Crippen molar-refractivity contribution in [2.24, 2.45) is 0 Å². The molecule has 1 unspecified atom stereocenters. The maximum atomic E-state index is 13.0. The minimum absolute atomic E-state index is 0.255. The molecule has 3 nitrogen and oxygen atoms in total. The smallest absolute Gasteiger partial charge is 0.370 e. The fraction of sp³-hybridized carbons (Fsp3) is 0.615. The molecule has 1 fully saturated rings. The monoisotopic (exact) mass is 305 g/mol. The molecule has 1 atom stereocenters. The summed E-state index contributed by atoms with van der Waals surface area (Å²) in [6.07, 6.45) is -3.37. The van der Waals surface area contributed by atoms with Crippen molar-refractivity contribution in [3.8, 4) is 0 Å². The number of nitrogens with zero attached hydrogens (tertiary/aromatic N) is 2. The fourth-order valence-corrected chi connectivity index (χ4v) is 3.41. The van der Waals surface area contributed by atoms with Crippen LogP contribution in [0.2, 0.25) is 0 Å². The van der Waals surface area contributed by atoms with E-state index in [1.54, 1.807) is 0 Å². The van der Waals surface area contributed by atoms with Gasteiger partial charge in [0.05, 0.1) is 5.56 Å². The lowest BCUT2D eigenvalue weighted by Crippen LogP contribution is -2.32. The van der Waals surface area contributed by atoms with E-state index in [1.165, 1.54) is 0 Å². The van der Waals surface area contributed by atoms with Gasteiger partial charge in [-0.2, -0.15) is 24.9 Å².